The van der Waals surface area contributed by atoms with Gasteiger partial charge in [-0.05, 0) is 35.9 Å². The first kappa shape index (κ1) is 18.6. The van der Waals surface area contributed by atoms with Gasteiger partial charge in [0.2, 0.25) is 5.91 Å². The maximum Gasteiger partial charge on any atom is 0.249 e. The Kier molecular flexibility index (Phi) is 5.49. The molecule has 0 aliphatic rings. The van der Waals surface area contributed by atoms with E-state index in [4.69, 9.17) is 11.6 Å². The summed E-state index contributed by atoms with van der Waals surface area (Å²) in [6.07, 6.45) is 6.27. The van der Waals surface area contributed by atoms with Gasteiger partial charge < -0.3 is 5.32 Å². The molecule has 0 unspecified atom stereocenters. The normalized spacial score (nSPS) is 11.1. The summed E-state index contributed by atoms with van der Waals surface area (Å²) in [5.74, 6) is 0.319. The minimum atomic E-state index is -0.280. The van der Waals surface area contributed by atoms with Crippen LogP contribution in [0.15, 0.2) is 79.1 Å². The van der Waals surface area contributed by atoms with Gasteiger partial charge in [0.1, 0.15) is 11.5 Å². The highest BCUT2D eigenvalue weighted by Gasteiger charge is 2.07. The fourth-order valence-electron chi connectivity index (χ4n) is 2.69. The predicted octanol–water partition coefficient (Wildman–Crippen LogP) is 3.82. The van der Waals surface area contributed by atoms with Crippen molar-refractivity contribution >= 4 is 29.4 Å². The van der Waals surface area contributed by atoms with Gasteiger partial charge in [0.05, 0.1) is 24.6 Å². The van der Waals surface area contributed by atoms with Gasteiger partial charge in [0, 0.05) is 17.2 Å². The number of aromatic nitrogens is 5. The molecule has 0 atom stereocenters. The summed E-state index contributed by atoms with van der Waals surface area (Å²) < 4.78 is 1.71. The minimum Gasteiger partial charge on any atom is -0.307 e. The third-order valence-corrected chi connectivity index (χ3v) is 4.37. The summed E-state index contributed by atoms with van der Waals surface area (Å²) >= 11 is 5.92. The van der Waals surface area contributed by atoms with Crippen LogP contribution in [0.5, 0.6) is 0 Å². The van der Waals surface area contributed by atoms with Gasteiger partial charge in [0.15, 0.2) is 0 Å². The van der Waals surface area contributed by atoms with E-state index in [1.54, 1.807) is 29.2 Å². The summed E-state index contributed by atoms with van der Waals surface area (Å²) in [6, 6.07) is 18.8. The van der Waals surface area contributed by atoms with Crippen LogP contribution in [0.4, 0.5) is 5.82 Å². The van der Waals surface area contributed by atoms with Gasteiger partial charge in [-0.3, -0.25) is 4.79 Å². The smallest absolute Gasteiger partial charge is 0.249 e. The maximum atomic E-state index is 12.3. The van der Waals surface area contributed by atoms with E-state index in [1.165, 1.54) is 10.9 Å². The van der Waals surface area contributed by atoms with Crippen molar-refractivity contribution in [3.8, 4) is 5.69 Å². The van der Waals surface area contributed by atoms with E-state index in [2.05, 4.69) is 20.6 Å². The van der Waals surface area contributed by atoms with Crippen molar-refractivity contribution in [2.24, 2.45) is 0 Å². The molecule has 0 radical (unpaired) electrons. The van der Waals surface area contributed by atoms with Crippen molar-refractivity contribution in [3.63, 3.8) is 0 Å². The van der Waals surface area contributed by atoms with Crippen molar-refractivity contribution in [2.75, 3.05) is 5.32 Å². The highest BCUT2D eigenvalue weighted by atomic mass is 35.5. The summed E-state index contributed by atoms with van der Waals surface area (Å²) in [4.78, 5) is 13.8. The lowest BCUT2D eigenvalue weighted by Gasteiger charge is -2.08. The highest BCUT2D eigenvalue weighted by Crippen LogP contribution is 2.14. The number of carbonyl (C=O) groups excluding carboxylic acids is 1. The maximum absolute atomic E-state index is 12.3. The largest absolute Gasteiger partial charge is 0.307 e. The van der Waals surface area contributed by atoms with Crippen LogP contribution in [0.1, 0.15) is 11.3 Å². The summed E-state index contributed by atoms with van der Waals surface area (Å²) in [5, 5.41) is 16.3. The number of nitrogens with zero attached hydrogens (tertiary/aromatic N) is 5. The molecule has 29 heavy (non-hydrogen) atoms. The highest BCUT2D eigenvalue weighted by molar-refractivity contribution is 6.30. The van der Waals surface area contributed by atoms with Crippen molar-refractivity contribution in [1.29, 1.82) is 0 Å². The number of anilines is 1. The Morgan fingerprint density at radius 3 is 2.62 bits per heavy atom. The third-order valence-electron chi connectivity index (χ3n) is 4.12. The van der Waals surface area contributed by atoms with Crippen LogP contribution in [-0.4, -0.2) is 30.7 Å². The molecule has 0 saturated heterocycles. The van der Waals surface area contributed by atoms with E-state index in [1.807, 2.05) is 54.6 Å². The van der Waals surface area contributed by atoms with E-state index in [9.17, 15) is 4.79 Å². The van der Waals surface area contributed by atoms with Crippen LogP contribution in [0.25, 0.3) is 11.8 Å². The van der Waals surface area contributed by atoms with Crippen LogP contribution >= 0.6 is 11.6 Å². The van der Waals surface area contributed by atoms with E-state index >= 15 is 0 Å². The molecule has 1 amide bonds. The molecule has 2 aromatic carbocycles. The molecular formula is C21H17ClN6O. The number of hydrogen-bond donors (Lipinski definition) is 1. The zero-order valence-corrected chi connectivity index (χ0v) is 16.1. The molecule has 0 spiro atoms. The number of carbonyl (C=O) groups is 1. The van der Waals surface area contributed by atoms with E-state index in [-0.39, 0.29) is 5.91 Å². The Morgan fingerprint density at radius 2 is 1.83 bits per heavy atom. The predicted molar refractivity (Wildman–Crippen MR) is 112 cm³/mol. The molecule has 2 heterocycles. The summed E-state index contributed by atoms with van der Waals surface area (Å²) in [5.41, 5.74) is 2.46. The van der Waals surface area contributed by atoms with Gasteiger partial charge in [-0.25, -0.2) is 4.68 Å². The SMILES string of the molecule is O=C(/C=C/c1cnn(-c2ccccc2)n1)Nc1ccnn1Cc1ccc(Cl)cc1. The number of benzene rings is 2. The van der Waals surface area contributed by atoms with E-state index in [0.29, 0.717) is 23.1 Å². The van der Waals surface area contributed by atoms with E-state index < -0.39 is 0 Å². The molecule has 2 aromatic heterocycles. The Hall–Kier alpha value is -3.71. The standard InChI is InChI=1S/C21H17ClN6O/c22-17-8-6-16(7-9-17)15-27-20(12-13-23-27)25-21(29)11-10-18-14-24-28(26-18)19-4-2-1-3-5-19/h1-14H,15H2,(H,25,29)/b11-10+. The second kappa shape index (κ2) is 8.53. The fourth-order valence-corrected chi connectivity index (χ4v) is 2.82. The molecule has 0 bridgehead atoms. The number of halogens is 1. The molecule has 0 saturated carbocycles. The van der Waals surface area contributed by atoms with Gasteiger partial charge in [-0.2, -0.15) is 15.0 Å². The van der Waals surface area contributed by atoms with Crippen LogP contribution in [0.2, 0.25) is 5.02 Å². The second-order valence-corrected chi connectivity index (χ2v) is 6.65. The average Bonchev–Trinajstić information content (AvgIpc) is 3.39. The first-order valence-electron chi connectivity index (χ1n) is 8.90. The van der Waals surface area contributed by atoms with Gasteiger partial charge in [0.25, 0.3) is 0 Å². The first-order chi connectivity index (χ1) is 14.2. The lowest BCUT2D eigenvalue weighted by Crippen LogP contribution is -2.13. The van der Waals surface area contributed by atoms with E-state index in [0.717, 1.165) is 11.3 Å². The lowest BCUT2D eigenvalue weighted by molar-refractivity contribution is -0.111. The Labute approximate surface area is 172 Å². The molecule has 1 N–H and O–H groups in total. The quantitative estimate of drug-likeness (QED) is 0.495. The van der Waals surface area contributed by atoms with Crippen molar-refractivity contribution < 1.29 is 4.79 Å². The van der Waals surface area contributed by atoms with Gasteiger partial charge in [-0.15, -0.1) is 5.10 Å². The Morgan fingerprint density at radius 1 is 1.03 bits per heavy atom. The molecule has 144 valence electrons. The molecule has 4 rings (SSSR count). The number of para-hydroxylation sites is 1. The molecule has 0 aliphatic carbocycles. The molecule has 0 fully saturated rings. The molecule has 7 nitrogen and oxygen atoms in total. The topological polar surface area (TPSA) is 77.6 Å². The van der Waals surface area contributed by atoms with Gasteiger partial charge >= 0.3 is 0 Å². The van der Waals surface area contributed by atoms with Crippen molar-refractivity contribution in [3.05, 3.63) is 95.4 Å². The Balaban J connectivity index is 1.40. The number of amides is 1. The molecule has 0 aliphatic heterocycles. The van der Waals surface area contributed by atoms with Crippen LogP contribution < -0.4 is 5.32 Å². The monoisotopic (exact) mass is 404 g/mol. The fraction of sp³-hybridized carbons (Fsp3) is 0.0476. The molecular weight excluding hydrogens is 388 g/mol. The van der Waals surface area contributed by atoms with Gasteiger partial charge in [-0.1, -0.05) is 41.9 Å². The summed E-state index contributed by atoms with van der Waals surface area (Å²) in [7, 11) is 0. The van der Waals surface area contributed by atoms with Crippen LogP contribution in [0.3, 0.4) is 0 Å². The number of rotatable bonds is 6. The van der Waals surface area contributed by atoms with Crippen molar-refractivity contribution in [2.45, 2.75) is 6.54 Å². The number of nitrogens with one attached hydrogen (secondary N) is 1. The van der Waals surface area contributed by atoms with Crippen molar-refractivity contribution in [1.82, 2.24) is 24.8 Å². The minimum absolute atomic E-state index is 0.280. The zero-order valence-electron chi connectivity index (χ0n) is 15.3. The lowest BCUT2D eigenvalue weighted by atomic mass is 10.2. The number of hydrogen-bond acceptors (Lipinski definition) is 4. The summed E-state index contributed by atoms with van der Waals surface area (Å²) in [6.45, 7) is 0.523. The van der Waals surface area contributed by atoms with Crippen LogP contribution in [0, 0.1) is 0 Å². The third kappa shape index (κ3) is 4.77. The first-order valence-corrected chi connectivity index (χ1v) is 9.28. The molecule has 4 aromatic rings. The zero-order chi connectivity index (χ0) is 20.1. The average molecular weight is 405 g/mol. The second-order valence-electron chi connectivity index (χ2n) is 6.22. The Bertz CT molecular complexity index is 1130. The van der Waals surface area contributed by atoms with Crippen LogP contribution in [-0.2, 0) is 11.3 Å². The molecule has 8 heteroatoms.